The van der Waals surface area contributed by atoms with Gasteiger partial charge in [0.2, 0.25) is 0 Å². The monoisotopic (exact) mass is 528 g/mol. The zero-order valence-electron chi connectivity index (χ0n) is 22.9. The van der Waals surface area contributed by atoms with Crippen molar-refractivity contribution in [1.29, 1.82) is 0 Å². The van der Waals surface area contributed by atoms with Gasteiger partial charge in [0.1, 0.15) is 18.5 Å². The first-order chi connectivity index (χ1) is 17.5. The SMILES string of the molecule is CCCCCCCCCCCCOc1ccc(CCCC(COP(O)OCC[NH2+]C)OC(C)=O)cc1. The van der Waals surface area contributed by atoms with Crippen LogP contribution in [0, 0.1) is 0 Å². The molecule has 0 radical (unpaired) electrons. The second kappa shape index (κ2) is 22.9. The van der Waals surface area contributed by atoms with E-state index >= 15 is 0 Å². The lowest BCUT2D eigenvalue weighted by Crippen LogP contribution is -2.80. The molecule has 2 atom stereocenters. The summed E-state index contributed by atoms with van der Waals surface area (Å²) in [5.74, 6) is 0.564. The van der Waals surface area contributed by atoms with Gasteiger partial charge in [-0.3, -0.25) is 4.79 Å². The van der Waals surface area contributed by atoms with E-state index < -0.39 is 14.7 Å². The van der Waals surface area contributed by atoms with E-state index in [0.717, 1.165) is 38.2 Å². The van der Waals surface area contributed by atoms with Gasteiger partial charge in [0.05, 0.1) is 26.8 Å². The van der Waals surface area contributed by atoms with E-state index in [0.29, 0.717) is 13.0 Å². The molecule has 0 bridgehead atoms. The van der Waals surface area contributed by atoms with Gasteiger partial charge in [0.15, 0.2) is 0 Å². The Kier molecular flexibility index (Phi) is 20.9. The van der Waals surface area contributed by atoms with Gasteiger partial charge in [-0.1, -0.05) is 76.8 Å². The topological polar surface area (TPSA) is 90.8 Å². The molecule has 0 aliphatic heterocycles. The molecule has 7 nitrogen and oxygen atoms in total. The zero-order chi connectivity index (χ0) is 26.3. The van der Waals surface area contributed by atoms with Gasteiger partial charge in [-0.05, 0) is 43.4 Å². The molecular formula is C28H51NO6P+. The van der Waals surface area contributed by atoms with Crippen LogP contribution in [0.4, 0.5) is 0 Å². The number of quaternary nitrogens is 1. The number of hydrogen-bond acceptors (Lipinski definition) is 6. The number of nitrogens with two attached hydrogens (primary N) is 1. The van der Waals surface area contributed by atoms with Crippen molar-refractivity contribution < 1.29 is 33.5 Å². The molecule has 8 heteroatoms. The molecule has 2 unspecified atom stereocenters. The van der Waals surface area contributed by atoms with Crippen molar-refractivity contribution in [3.63, 3.8) is 0 Å². The van der Waals surface area contributed by atoms with Crippen LogP contribution in [0.5, 0.6) is 5.75 Å². The van der Waals surface area contributed by atoms with E-state index in [1.54, 1.807) is 0 Å². The molecule has 0 aromatic heterocycles. The second-order valence-electron chi connectivity index (χ2n) is 9.36. The van der Waals surface area contributed by atoms with Crippen molar-refractivity contribution in [2.24, 2.45) is 0 Å². The summed E-state index contributed by atoms with van der Waals surface area (Å²) in [6, 6.07) is 8.25. The first-order valence-corrected chi connectivity index (χ1v) is 15.1. The third-order valence-corrected chi connectivity index (χ3v) is 6.77. The molecule has 0 saturated carbocycles. The summed E-state index contributed by atoms with van der Waals surface area (Å²) in [4.78, 5) is 21.2. The summed E-state index contributed by atoms with van der Waals surface area (Å²) < 4.78 is 21.8. The molecular weight excluding hydrogens is 477 g/mol. The fourth-order valence-electron chi connectivity index (χ4n) is 3.91. The van der Waals surface area contributed by atoms with Crippen LogP contribution in [-0.2, 0) is 25.0 Å². The molecule has 0 amide bonds. The van der Waals surface area contributed by atoms with E-state index in [4.69, 9.17) is 18.5 Å². The highest BCUT2D eigenvalue weighted by Crippen LogP contribution is 2.32. The summed E-state index contributed by atoms with van der Waals surface area (Å²) in [5, 5.41) is 1.96. The lowest BCUT2D eigenvalue weighted by molar-refractivity contribution is -0.627. The zero-order valence-corrected chi connectivity index (χ0v) is 23.8. The van der Waals surface area contributed by atoms with Crippen molar-refractivity contribution in [1.82, 2.24) is 0 Å². The van der Waals surface area contributed by atoms with Crippen LogP contribution in [0.3, 0.4) is 0 Å². The van der Waals surface area contributed by atoms with Gasteiger partial charge in [-0.2, -0.15) is 0 Å². The van der Waals surface area contributed by atoms with Crippen molar-refractivity contribution >= 4 is 14.6 Å². The Hall–Kier alpha value is -1.24. The van der Waals surface area contributed by atoms with Gasteiger partial charge >= 0.3 is 14.6 Å². The molecule has 0 saturated heterocycles. The molecule has 1 rings (SSSR count). The quantitative estimate of drug-likeness (QED) is 0.102. The van der Waals surface area contributed by atoms with Crippen LogP contribution >= 0.6 is 8.60 Å². The Morgan fingerprint density at radius 3 is 2.17 bits per heavy atom. The average Bonchev–Trinajstić information content (AvgIpc) is 2.86. The third kappa shape index (κ3) is 18.9. The third-order valence-electron chi connectivity index (χ3n) is 5.99. The lowest BCUT2D eigenvalue weighted by Gasteiger charge is -2.18. The fourth-order valence-corrected chi connectivity index (χ4v) is 4.54. The predicted molar refractivity (Wildman–Crippen MR) is 146 cm³/mol. The summed E-state index contributed by atoms with van der Waals surface area (Å²) in [6.07, 6.45) is 15.2. The highest BCUT2D eigenvalue weighted by Gasteiger charge is 2.16. The Balaban J connectivity index is 2.17. The number of aryl methyl sites for hydroxylation is 1. The smallest absolute Gasteiger partial charge is 0.330 e. The number of benzene rings is 1. The first kappa shape index (κ1) is 32.8. The molecule has 0 aliphatic rings. The number of hydrogen-bond donors (Lipinski definition) is 2. The van der Waals surface area contributed by atoms with Crippen molar-refractivity contribution in [2.45, 2.75) is 103 Å². The fraction of sp³-hybridized carbons (Fsp3) is 0.750. The minimum Gasteiger partial charge on any atom is -0.494 e. The molecule has 0 heterocycles. The number of ether oxygens (including phenoxy) is 2. The molecule has 1 aromatic rings. The predicted octanol–water partition coefficient (Wildman–Crippen LogP) is 5.69. The van der Waals surface area contributed by atoms with Gasteiger partial charge in [-0.25, -0.2) is 0 Å². The molecule has 0 spiro atoms. The Labute approximate surface area is 220 Å². The molecule has 36 heavy (non-hydrogen) atoms. The molecule has 3 N–H and O–H groups in total. The highest BCUT2D eigenvalue weighted by molar-refractivity contribution is 7.40. The lowest BCUT2D eigenvalue weighted by atomic mass is 10.1. The number of rotatable bonds is 24. The van der Waals surface area contributed by atoms with E-state index in [-0.39, 0.29) is 12.6 Å². The van der Waals surface area contributed by atoms with Crippen LogP contribution in [0.15, 0.2) is 24.3 Å². The summed E-state index contributed by atoms with van der Waals surface area (Å²) in [7, 11) is -0.0204. The number of unbranched alkanes of at least 4 members (excludes halogenated alkanes) is 9. The Bertz CT molecular complexity index is 645. The molecule has 1 aromatic carbocycles. The van der Waals surface area contributed by atoms with Crippen molar-refractivity contribution in [3.05, 3.63) is 29.8 Å². The van der Waals surface area contributed by atoms with E-state index in [1.807, 2.05) is 24.5 Å². The van der Waals surface area contributed by atoms with E-state index in [9.17, 15) is 9.69 Å². The molecule has 0 aliphatic carbocycles. The number of likely N-dealkylation sites (N-methyl/N-ethyl adjacent to an activating group) is 1. The van der Waals surface area contributed by atoms with Crippen molar-refractivity contribution in [2.75, 3.05) is 33.4 Å². The van der Waals surface area contributed by atoms with Gasteiger partial charge in [-0.15, -0.1) is 0 Å². The highest BCUT2D eigenvalue weighted by atomic mass is 31.2. The summed E-state index contributed by atoms with van der Waals surface area (Å²) >= 11 is 0. The molecule has 0 fully saturated rings. The maximum atomic E-state index is 11.4. The van der Waals surface area contributed by atoms with Crippen LogP contribution in [-0.4, -0.2) is 50.4 Å². The maximum absolute atomic E-state index is 11.4. The maximum Gasteiger partial charge on any atom is 0.330 e. The van der Waals surface area contributed by atoms with Crippen LogP contribution < -0.4 is 10.1 Å². The normalized spacial score (nSPS) is 12.9. The van der Waals surface area contributed by atoms with Gasteiger partial charge in [0, 0.05) is 6.92 Å². The van der Waals surface area contributed by atoms with E-state index in [2.05, 4.69) is 19.1 Å². The van der Waals surface area contributed by atoms with Crippen LogP contribution in [0.2, 0.25) is 0 Å². The number of carbonyl (C=O) groups is 1. The van der Waals surface area contributed by atoms with Gasteiger partial charge < -0.3 is 28.7 Å². The standard InChI is InChI=1S/C28H50NO6P/c1-4-5-6-7-8-9-10-11-12-13-22-32-27-19-17-26(18-20-27)15-14-16-28(35-25(2)30)24-34-36(31)33-23-21-29-3/h17-20,28-29,31H,4-16,21-24H2,1-3H3/p+1. The minimum absolute atomic E-state index is 0.128. The minimum atomic E-state index is -1.95. The average molecular weight is 529 g/mol. The molecule has 208 valence electrons. The van der Waals surface area contributed by atoms with Gasteiger partial charge in [0.25, 0.3) is 0 Å². The summed E-state index contributed by atoms with van der Waals surface area (Å²) in [6.45, 7) is 5.71. The summed E-state index contributed by atoms with van der Waals surface area (Å²) in [5.41, 5.74) is 1.22. The number of esters is 1. The van der Waals surface area contributed by atoms with E-state index in [1.165, 1.54) is 70.3 Å². The Morgan fingerprint density at radius 1 is 0.917 bits per heavy atom. The second-order valence-corrected chi connectivity index (χ2v) is 10.4. The van der Waals surface area contributed by atoms with Crippen LogP contribution in [0.25, 0.3) is 0 Å². The largest absolute Gasteiger partial charge is 0.494 e. The number of carbonyl (C=O) groups excluding carboxylic acids is 1. The Morgan fingerprint density at radius 2 is 1.56 bits per heavy atom. The first-order valence-electron chi connectivity index (χ1n) is 14.0. The van der Waals surface area contributed by atoms with Crippen LogP contribution in [0.1, 0.15) is 96.5 Å². The van der Waals surface area contributed by atoms with Crippen molar-refractivity contribution in [3.8, 4) is 5.75 Å².